The summed E-state index contributed by atoms with van der Waals surface area (Å²) in [7, 11) is 0. The van der Waals surface area contributed by atoms with E-state index in [2.05, 4.69) is 11.0 Å². The number of rotatable bonds is 10. The standard InChI is InChI=1S/C41H37F2N5O5/c1-23-29(30-8-6-10-32(24(30)2)39-46-34-16-25(20-47-12-3-4-13-47)15-27(19-44)37(34)53-39)7-5-9-31(23)38-45-33-17-28(22-48-14-11-26(21-48)40(49)50)35(52-41(42)43)18-36(33)51-38/h5-10,15-18,26,41H,3-4,11-14,20-22H2,1-2H3,(H,49,50)/t26-/m1/s1. The van der Waals surface area contributed by atoms with E-state index in [0.717, 1.165) is 58.6 Å². The third-order valence-corrected chi connectivity index (χ3v) is 10.5. The number of ether oxygens (including phenoxy) is 1. The predicted octanol–water partition coefficient (Wildman–Crippen LogP) is 8.56. The zero-order valence-electron chi connectivity index (χ0n) is 29.4. The minimum absolute atomic E-state index is 0.0317. The lowest BCUT2D eigenvalue weighted by molar-refractivity contribution is -0.141. The fourth-order valence-electron chi connectivity index (χ4n) is 7.76. The predicted molar refractivity (Wildman–Crippen MR) is 194 cm³/mol. The Hall–Kier alpha value is -5.64. The second-order valence-electron chi connectivity index (χ2n) is 13.9. The van der Waals surface area contributed by atoms with Gasteiger partial charge in [-0.25, -0.2) is 9.97 Å². The maximum Gasteiger partial charge on any atom is 0.387 e. The lowest BCUT2D eigenvalue weighted by Crippen LogP contribution is -2.23. The molecule has 0 amide bonds. The summed E-state index contributed by atoms with van der Waals surface area (Å²) >= 11 is 0. The maximum atomic E-state index is 13.5. The number of carbonyl (C=O) groups is 1. The van der Waals surface area contributed by atoms with E-state index in [9.17, 15) is 23.9 Å². The number of halogens is 2. The molecule has 10 nitrogen and oxygen atoms in total. The Morgan fingerprint density at radius 3 is 2.21 bits per heavy atom. The first-order valence-corrected chi connectivity index (χ1v) is 17.7. The normalized spacial score (nSPS) is 16.6. The molecule has 0 bridgehead atoms. The van der Waals surface area contributed by atoms with Crippen LogP contribution >= 0.6 is 0 Å². The average Bonchev–Trinajstić information content (AvgIpc) is 3.96. The Morgan fingerprint density at radius 1 is 0.906 bits per heavy atom. The van der Waals surface area contributed by atoms with Gasteiger partial charge in [-0.15, -0.1) is 0 Å². The minimum atomic E-state index is -3.04. The molecular formula is C41H37F2N5O5. The monoisotopic (exact) mass is 717 g/mol. The quantitative estimate of drug-likeness (QED) is 0.147. The van der Waals surface area contributed by atoms with Crippen molar-refractivity contribution in [3.05, 3.63) is 88.5 Å². The van der Waals surface area contributed by atoms with Crippen LogP contribution in [-0.4, -0.2) is 63.6 Å². The van der Waals surface area contributed by atoms with E-state index in [0.29, 0.717) is 64.6 Å². The van der Waals surface area contributed by atoms with Gasteiger partial charge < -0.3 is 18.7 Å². The number of carboxylic acids is 1. The summed E-state index contributed by atoms with van der Waals surface area (Å²) in [5, 5.41) is 19.4. The number of aliphatic carboxylic acids is 1. The fourth-order valence-corrected chi connectivity index (χ4v) is 7.76. The van der Waals surface area contributed by atoms with Gasteiger partial charge in [-0.2, -0.15) is 14.0 Å². The van der Waals surface area contributed by atoms with Gasteiger partial charge in [0.15, 0.2) is 11.2 Å². The van der Waals surface area contributed by atoms with E-state index in [1.165, 1.54) is 18.9 Å². The van der Waals surface area contributed by atoms with E-state index in [1.54, 1.807) is 6.07 Å². The molecule has 1 N–H and O–H groups in total. The van der Waals surface area contributed by atoms with Gasteiger partial charge in [-0.3, -0.25) is 14.6 Å². The molecule has 4 aromatic carbocycles. The minimum Gasteiger partial charge on any atom is -0.481 e. The molecule has 4 heterocycles. The Morgan fingerprint density at radius 2 is 1.57 bits per heavy atom. The van der Waals surface area contributed by atoms with Gasteiger partial charge in [0.2, 0.25) is 11.8 Å². The summed E-state index contributed by atoms with van der Waals surface area (Å²) < 4.78 is 44.3. The maximum absolute atomic E-state index is 13.5. The molecule has 0 saturated carbocycles. The number of likely N-dealkylation sites (tertiary alicyclic amines) is 2. The van der Waals surface area contributed by atoms with Crippen LogP contribution in [0.4, 0.5) is 8.78 Å². The van der Waals surface area contributed by atoms with Gasteiger partial charge in [-0.1, -0.05) is 24.3 Å². The van der Waals surface area contributed by atoms with Gasteiger partial charge in [0.05, 0.1) is 11.5 Å². The zero-order chi connectivity index (χ0) is 36.8. The lowest BCUT2D eigenvalue weighted by Gasteiger charge is -2.17. The van der Waals surface area contributed by atoms with Gasteiger partial charge in [0.1, 0.15) is 22.9 Å². The molecule has 8 rings (SSSR count). The number of oxazole rings is 2. The number of aromatic nitrogens is 2. The summed E-state index contributed by atoms with van der Waals surface area (Å²) in [6, 6.07) is 21.1. The fraction of sp³-hybridized carbons (Fsp3) is 0.317. The number of nitrogens with zero attached hydrogens (tertiary/aromatic N) is 5. The third kappa shape index (κ3) is 6.74. The molecule has 0 aliphatic carbocycles. The SMILES string of the molecule is Cc1c(-c2nc3cc(CN4CC[C@@H](C(=O)O)C4)c(OC(F)F)cc3o2)cccc1-c1cccc(-c2nc3cc(CN4CCCC4)cc(C#N)c3o2)c1C. The van der Waals surface area contributed by atoms with Crippen molar-refractivity contribution in [2.24, 2.45) is 5.92 Å². The number of hydrogen-bond donors (Lipinski definition) is 1. The molecule has 2 saturated heterocycles. The highest BCUT2D eigenvalue weighted by atomic mass is 19.3. The number of fused-ring (bicyclic) bond motifs is 2. The van der Waals surface area contributed by atoms with Crippen molar-refractivity contribution < 1.29 is 32.3 Å². The number of benzene rings is 4. The Kier molecular flexibility index (Phi) is 9.14. The Labute approximate surface area is 304 Å². The first-order chi connectivity index (χ1) is 25.6. The Balaban J connectivity index is 1.12. The van der Waals surface area contributed by atoms with Crippen molar-refractivity contribution in [1.82, 2.24) is 19.8 Å². The number of nitriles is 1. The first kappa shape index (κ1) is 34.4. The second-order valence-corrected chi connectivity index (χ2v) is 13.9. The summed E-state index contributed by atoms with van der Waals surface area (Å²) in [6.07, 6.45) is 2.87. The van der Waals surface area contributed by atoms with Crippen molar-refractivity contribution in [1.29, 1.82) is 5.26 Å². The van der Waals surface area contributed by atoms with Crippen molar-refractivity contribution in [2.45, 2.75) is 52.8 Å². The van der Waals surface area contributed by atoms with Crippen molar-refractivity contribution in [2.75, 3.05) is 26.2 Å². The van der Waals surface area contributed by atoms with Gasteiger partial charge >= 0.3 is 12.6 Å². The van der Waals surface area contributed by atoms with E-state index in [1.807, 2.05) is 67.3 Å². The van der Waals surface area contributed by atoms with Crippen LogP contribution in [0.25, 0.3) is 56.2 Å². The topological polar surface area (TPSA) is 129 Å². The molecule has 0 radical (unpaired) electrons. The number of hydrogen-bond acceptors (Lipinski definition) is 9. The molecule has 6 aromatic rings. The summed E-state index contributed by atoms with van der Waals surface area (Å²) in [4.78, 5) is 25.4. The molecular weight excluding hydrogens is 680 g/mol. The van der Waals surface area contributed by atoms with Crippen LogP contribution in [0.15, 0.2) is 69.5 Å². The van der Waals surface area contributed by atoms with E-state index in [4.69, 9.17) is 23.5 Å². The summed E-state index contributed by atoms with van der Waals surface area (Å²) in [6.45, 7) is 4.93. The van der Waals surface area contributed by atoms with Crippen molar-refractivity contribution in [3.8, 4) is 45.9 Å². The van der Waals surface area contributed by atoms with E-state index in [-0.39, 0.29) is 12.3 Å². The van der Waals surface area contributed by atoms with E-state index < -0.39 is 18.5 Å². The van der Waals surface area contributed by atoms with Crippen LogP contribution in [0.5, 0.6) is 5.75 Å². The molecule has 0 spiro atoms. The van der Waals surface area contributed by atoms with Crippen LogP contribution in [0.2, 0.25) is 0 Å². The molecule has 2 aliphatic rings. The average molecular weight is 718 g/mol. The first-order valence-electron chi connectivity index (χ1n) is 17.7. The van der Waals surface area contributed by atoms with Crippen molar-refractivity contribution in [3.63, 3.8) is 0 Å². The molecule has 0 unspecified atom stereocenters. The molecule has 2 fully saturated rings. The smallest absolute Gasteiger partial charge is 0.387 e. The highest BCUT2D eigenvalue weighted by molar-refractivity contribution is 5.86. The molecule has 1 atom stereocenters. The third-order valence-electron chi connectivity index (χ3n) is 10.5. The van der Waals surface area contributed by atoms with Crippen LogP contribution in [0, 0.1) is 31.1 Å². The Bertz CT molecular complexity index is 2410. The molecule has 2 aliphatic heterocycles. The zero-order valence-corrected chi connectivity index (χ0v) is 29.4. The van der Waals surface area contributed by atoms with Gasteiger partial charge in [0.25, 0.3) is 0 Å². The number of alkyl halides is 2. The van der Waals surface area contributed by atoms with Crippen LogP contribution in [-0.2, 0) is 17.9 Å². The molecule has 270 valence electrons. The summed E-state index contributed by atoms with van der Waals surface area (Å²) in [5.74, 6) is -0.633. The number of carboxylic acid groups (broad SMARTS) is 1. The van der Waals surface area contributed by atoms with Crippen LogP contribution < -0.4 is 4.74 Å². The van der Waals surface area contributed by atoms with Crippen LogP contribution in [0.3, 0.4) is 0 Å². The molecule has 2 aromatic heterocycles. The van der Waals surface area contributed by atoms with Crippen molar-refractivity contribution >= 4 is 28.2 Å². The van der Waals surface area contributed by atoms with Gasteiger partial charge in [0, 0.05) is 42.4 Å². The molecule has 12 heteroatoms. The summed E-state index contributed by atoms with van der Waals surface area (Å²) in [5.41, 5.74) is 9.16. The highest BCUT2D eigenvalue weighted by Gasteiger charge is 2.29. The lowest BCUT2D eigenvalue weighted by atomic mass is 9.91. The van der Waals surface area contributed by atoms with Gasteiger partial charge in [-0.05, 0) is 111 Å². The highest BCUT2D eigenvalue weighted by Crippen LogP contribution is 2.39. The van der Waals surface area contributed by atoms with E-state index >= 15 is 0 Å². The largest absolute Gasteiger partial charge is 0.481 e. The van der Waals surface area contributed by atoms with Crippen LogP contribution in [0.1, 0.15) is 47.1 Å². The molecule has 53 heavy (non-hydrogen) atoms. The second kappa shape index (κ2) is 14.1.